The van der Waals surface area contributed by atoms with Crippen LogP contribution in [0, 0.1) is 0 Å². The lowest BCUT2D eigenvalue weighted by Crippen LogP contribution is -2.32. The van der Waals surface area contributed by atoms with Gasteiger partial charge in [0.25, 0.3) is 10.1 Å². The van der Waals surface area contributed by atoms with Crippen LogP contribution in [-0.4, -0.2) is 19.2 Å². The first kappa shape index (κ1) is 21.1. The molecule has 0 amide bonds. The molecule has 0 atom stereocenters. The van der Waals surface area contributed by atoms with E-state index in [1.165, 1.54) is 57.1 Å². The second-order valence-corrected chi connectivity index (χ2v) is 7.12. The van der Waals surface area contributed by atoms with E-state index in [-0.39, 0.29) is 0 Å². The number of rotatable bonds is 9. The number of aryl methyl sites for hydroxylation is 2. The van der Waals surface area contributed by atoms with Gasteiger partial charge < -0.3 is 0 Å². The van der Waals surface area contributed by atoms with Crippen LogP contribution in [-0.2, 0) is 23.1 Å². The minimum absolute atomic E-state index is 0.715. The molecular weight excluding hydrogens is 298 g/mol. The van der Waals surface area contributed by atoms with Gasteiger partial charge in [0.05, 0.1) is 6.26 Å². The molecule has 1 aromatic heterocycles. The van der Waals surface area contributed by atoms with Crippen LogP contribution in [0.5, 0.6) is 0 Å². The van der Waals surface area contributed by atoms with Crippen molar-refractivity contribution >= 4 is 10.1 Å². The topological polar surface area (TPSA) is 58.2 Å². The largest absolute Gasteiger partial charge is 0.286 e. The highest BCUT2D eigenvalue weighted by Gasteiger charge is 1.99. The zero-order valence-corrected chi connectivity index (χ0v) is 15.1. The summed E-state index contributed by atoms with van der Waals surface area (Å²) < 4.78 is 28.2. The van der Waals surface area contributed by atoms with Gasteiger partial charge in [-0.3, -0.25) is 4.55 Å². The number of aromatic nitrogens is 1. The van der Waals surface area contributed by atoms with Gasteiger partial charge in [-0.15, -0.1) is 0 Å². The lowest BCUT2D eigenvalue weighted by atomic mass is 10.1. The fraction of sp³-hybridized carbons (Fsp3) is 0.706. The van der Waals surface area contributed by atoms with Crippen molar-refractivity contribution in [1.82, 2.24) is 0 Å². The van der Waals surface area contributed by atoms with E-state index in [1.54, 1.807) is 0 Å². The first-order chi connectivity index (χ1) is 10.4. The molecular formula is C17H32NO3S+. The first-order valence-electron chi connectivity index (χ1n) is 8.27. The molecule has 0 aliphatic carbocycles. The maximum Gasteiger partial charge on any atom is 0.261 e. The maximum atomic E-state index is 9.19. The molecule has 22 heavy (non-hydrogen) atoms. The molecule has 0 saturated heterocycles. The smallest absolute Gasteiger partial charge is 0.261 e. The Kier molecular flexibility index (Phi) is 12.1. The van der Waals surface area contributed by atoms with E-state index in [9.17, 15) is 8.42 Å². The van der Waals surface area contributed by atoms with E-state index >= 15 is 0 Å². The normalized spacial score (nSPS) is 10.9. The van der Waals surface area contributed by atoms with Crippen LogP contribution >= 0.6 is 0 Å². The summed E-state index contributed by atoms with van der Waals surface area (Å²) in [4.78, 5) is 0. The number of nitrogens with zero attached hydrogens (tertiary/aromatic N) is 1. The molecule has 1 rings (SSSR count). The maximum absolute atomic E-state index is 9.19. The van der Waals surface area contributed by atoms with Gasteiger partial charge in [-0.05, 0) is 18.4 Å². The number of hydrogen-bond acceptors (Lipinski definition) is 2. The SMILES string of the molecule is CCCCCCCCC[n+]1ccc(CC)cc1.CS(=O)(=O)O. The molecule has 128 valence electrons. The zero-order chi connectivity index (χ0) is 16.8. The second kappa shape index (κ2) is 12.6. The molecule has 1 N–H and O–H groups in total. The highest BCUT2D eigenvalue weighted by atomic mass is 32.2. The molecule has 0 fully saturated rings. The summed E-state index contributed by atoms with van der Waals surface area (Å²) in [6.45, 7) is 5.66. The van der Waals surface area contributed by atoms with E-state index in [4.69, 9.17) is 4.55 Å². The van der Waals surface area contributed by atoms with Crippen molar-refractivity contribution in [2.24, 2.45) is 0 Å². The van der Waals surface area contributed by atoms with Crippen molar-refractivity contribution in [3.05, 3.63) is 30.1 Å². The van der Waals surface area contributed by atoms with E-state index in [2.05, 4.69) is 42.9 Å². The Morgan fingerprint density at radius 3 is 1.86 bits per heavy atom. The molecule has 0 bridgehead atoms. The first-order valence-corrected chi connectivity index (χ1v) is 10.1. The predicted octanol–water partition coefficient (Wildman–Crippen LogP) is 3.79. The van der Waals surface area contributed by atoms with Crippen molar-refractivity contribution in [2.45, 2.75) is 71.8 Å². The molecule has 0 saturated carbocycles. The molecule has 5 heteroatoms. The summed E-state index contributed by atoms with van der Waals surface area (Å²) in [6.07, 6.45) is 16.0. The van der Waals surface area contributed by atoms with Crippen molar-refractivity contribution in [1.29, 1.82) is 0 Å². The van der Waals surface area contributed by atoms with Crippen molar-refractivity contribution in [3.8, 4) is 0 Å². The molecule has 0 aliphatic heterocycles. The zero-order valence-electron chi connectivity index (χ0n) is 14.3. The molecule has 4 nitrogen and oxygen atoms in total. The van der Waals surface area contributed by atoms with Gasteiger partial charge in [-0.1, -0.05) is 46.0 Å². The van der Waals surface area contributed by atoms with Crippen LogP contribution in [0.15, 0.2) is 24.5 Å². The average molecular weight is 331 g/mol. The van der Waals surface area contributed by atoms with Gasteiger partial charge in [-0.2, -0.15) is 8.42 Å². The molecule has 0 aliphatic rings. The minimum Gasteiger partial charge on any atom is -0.286 e. The van der Waals surface area contributed by atoms with Crippen LogP contribution in [0.25, 0.3) is 0 Å². The monoisotopic (exact) mass is 330 g/mol. The van der Waals surface area contributed by atoms with Gasteiger partial charge in [0, 0.05) is 18.6 Å². The summed E-state index contributed by atoms with van der Waals surface area (Å²) in [6, 6.07) is 4.47. The summed E-state index contributed by atoms with van der Waals surface area (Å²) in [5, 5.41) is 0. The van der Waals surface area contributed by atoms with Gasteiger partial charge in [0.15, 0.2) is 12.4 Å². The summed E-state index contributed by atoms with van der Waals surface area (Å²) >= 11 is 0. The standard InChI is InChI=1S/C16H28N.CH4O3S/c1-3-5-6-7-8-9-10-13-17-14-11-16(4-2)12-15-17;1-5(2,3)4/h11-12,14-15H,3-10,13H2,1-2H3;1H3,(H,2,3,4)/q+1;. The summed E-state index contributed by atoms with van der Waals surface area (Å²) in [7, 11) is -3.67. The van der Waals surface area contributed by atoms with Crippen LogP contribution in [0.4, 0.5) is 0 Å². The van der Waals surface area contributed by atoms with Crippen LogP contribution in [0.2, 0.25) is 0 Å². The minimum atomic E-state index is -3.67. The Balaban J connectivity index is 0.000000763. The number of unbranched alkanes of at least 4 members (excludes halogenated alkanes) is 6. The highest BCUT2D eigenvalue weighted by Crippen LogP contribution is 2.06. The Labute approximate surface area is 136 Å². The third-order valence-corrected chi connectivity index (χ3v) is 3.39. The lowest BCUT2D eigenvalue weighted by Gasteiger charge is -2.00. The van der Waals surface area contributed by atoms with E-state index in [0.717, 1.165) is 6.42 Å². The fourth-order valence-electron chi connectivity index (χ4n) is 2.12. The van der Waals surface area contributed by atoms with Crippen LogP contribution in [0.3, 0.4) is 0 Å². The second-order valence-electron chi connectivity index (χ2n) is 5.65. The third-order valence-electron chi connectivity index (χ3n) is 3.39. The molecule has 1 heterocycles. The number of pyridine rings is 1. The molecule has 0 aromatic carbocycles. The molecule has 0 spiro atoms. The Morgan fingerprint density at radius 2 is 1.41 bits per heavy atom. The van der Waals surface area contributed by atoms with Gasteiger partial charge >= 0.3 is 0 Å². The van der Waals surface area contributed by atoms with Crippen molar-refractivity contribution in [3.63, 3.8) is 0 Å². The van der Waals surface area contributed by atoms with E-state index in [0.29, 0.717) is 6.26 Å². The summed E-state index contributed by atoms with van der Waals surface area (Å²) in [5.41, 5.74) is 1.43. The summed E-state index contributed by atoms with van der Waals surface area (Å²) in [5.74, 6) is 0. The van der Waals surface area contributed by atoms with Gasteiger partial charge in [0.1, 0.15) is 6.54 Å². The quantitative estimate of drug-likeness (QED) is 0.426. The van der Waals surface area contributed by atoms with Crippen molar-refractivity contribution in [2.75, 3.05) is 6.26 Å². The highest BCUT2D eigenvalue weighted by molar-refractivity contribution is 7.85. The average Bonchev–Trinajstić information content (AvgIpc) is 2.45. The van der Waals surface area contributed by atoms with Gasteiger partial charge in [-0.25, -0.2) is 4.57 Å². The van der Waals surface area contributed by atoms with Crippen LogP contribution < -0.4 is 4.57 Å². The molecule has 1 aromatic rings. The van der Waals surface area contributed by atoms with Crippen molar-refractivity contribution < 1.29 is 17.5 Å². The number of hydrogen-bond donors (Lipinski definition) is 1. The van der Waals surface area contributed by atoms with E-state index < -0.39 is 10.1 Å². The lowest BCUT2D eigenvalue weighted by molar-refractivity contribution is -0.697. The Morgan fingerprint density at radius 1 is 0.955 bits per heavy atom. The fourth-order valence-corrected chi connectivity index (χ4v) is 2.12. The Bertz CT molecular complexity index is 461. The van der Waals surface area contributed by atoms with Gasteiger partial charge in [0.2, 0.25) is 0 Å². The molecule has 0 radical (unpaired) electrons. The predicted molar refractivity (Wildman–Crippen MR) is 91.5 cm³/mol. The van der Waals surface area contributed by atoms with Crippen LogP contribution in [0.1, 0.15) is 64.4 Å². The Hall–Kier alpha value is -0.940. The van der Waals surface area contributed by atoms with E-state index in [1.807, 2.05) is 0 Å². The molecule has 0 unspecified atom stereocenters. The third kappa shape index (κ3) is 15.4.